The summed E-state index contributed by atoms with van der Waals surface area (Å²) in [5.74, 6) is -0.0721. The maximum Gasteiger partial charge on any atom is 0.333 e. The van der Waals surface area contributed by atoms with Crippen LogP contribution in [0.5, 0.6) is 0 Å². The minimum atomic E-state index is -0.378. The molecule has 0 amide bonds. The fourth-order valence-corrected chi connectivity index (χ4v) is 5.12. The molecule has 6 heteroatoms. The highest BCUT2D eigenvalue weighted by atomic mass is 16.6. The van der Waals surface area contributed by atoms with Gasteiger partial charge in [-0.25, -0.2) is 9.59 Å². The first-order valence-corrected chi connectivity index (χ1v) is 10.6. The van der Waals surface area contributed by atoms with E-state index in [-0.39, 0.29) is 47.6 Å². The molecular weight excluding hydrogens is 372 g/mol. The zero-order valence-corrected chi connectivity index (χ0v) is 17.7. The second-order valence-corrected chi connectivity index (χ2v) is 8.97. The summed E-state index contributed by atoms with van der Waals surface area (Å²) in [4.78, 5) is 34.3. The maximum atomic E-state index is 11.5. The van der Waals surface area contributed by atoms with Gasteiger partial charge in [-0.3, -0.25) is 4.79 Å². The van der Waals surface area contributed by atoms with E-state index in [2.05, 4.69) is 20.1 Å². The van der Waals surface area contributed by atoms with E-state index in [9.17, 15) is 14.4 Å². The van der Waals surface area contributed by atoms with Crippen LogP contribution in [0.4, 0.5) is 0 Å². The lowest BCUT2D eigenvalue weighted by atomic mass is 9.88. The molecule has 0 aromatic heterocycles. The molecule has 1 heterocycles. The lowest BCUT2D eigenvalue weighted by molar-refractivity contribution is -0.158. The minimum absolute atomic E-state index is 0.0646. The normalized spacial score (nSPS) is 32.8. The number of fused-ring (bicyclic) bond motifs is 1. The smallest absolute Gasteiger partial charge is 0.333 e. The molecule has 3 aliphatic carbocycles. The number of hydrogen-bond donors (Lipinski definition) is 0. The molecule has 160 valence electrons. The molecule has 3 saturated carbocycles. The van der Waals surface area contributed by atoms with Gasteiger partial charge in [-0.1, -0.05) is 20.1 Å². The Morgan fingerprint density at radius 1 is 1.10 bits per heavy atom. The van der Waals surface area contributed by atoms with E-state index >= 15 is 0 Å². The number of carbonyl (C=O) groups excluding carboxylic acids is 3. The average Bonchev–Trinajstić information content (AvgIpc) is 3.41. The van der Waals surface area contributed by atoms with Gasteiger partial charge in [-0.15, -0.1) is 0 Å². The van der Waals surface area contributed by atoms with Gasteiger partial charge in [0.05, 0.1) is 5.92 Å². The molecule has 4 rings (SSSR count). The summed E-state index contributed by atoms with van der Waals surface area (Å²) in [6.07, 6.45) is 6.64. The van der Waals surface area contributed by atoms with E-state index in [1.165, 1.54) is 12.8 Å². The van der Waals surface area contributed by atoms with Crippen molar-refractivity contribution >= 4 is 17.9 Å². The molecule has 4 fully saturated rings. The Kier molecular flexibility index (Phi) is 6.20. The van der Waals surface area contributed by atoms with Crippen molar-refractivity contribution in [2.24, 2.45) is 17.8 Å². The van der Waals surface area contributed by atoms with Crippen LogP contribution in [0.3, 0.4) is 0 Å². The van der Waals surface area contributed by atoms with Gasteiger partial charge in [-0.2, -0.15) is 0 Å². The largest absolute Gasteiger partial charge is 0.458 e. The van der Waals surface area contributed by atoms with E-state index < -0.39 is 0 Å². The topological polar surface area (TPSA) is 78.9 Å². The fraction of sp³-hybridized carbons (Fsp3) is 0.696. The van der Waals surface area contributed by atoms with Crippen molar-refractivity contribution in [1.82, 2.24) is 0 Å². The SMILES string of the molecule is C=C(C)C(=O)OC1(CC)CCCC1.C=C(C)C(=O)OC1C2CC3C(=O)OC1C3C2. The van der Waals surface area contributed by atoms with Gasteiger partial charge in [0.1, 0.15) is 17.8 Å². The molecule has 0 aromatic rings. The number of hydrogen-bond acceptors (Lipinski definition) is 6. The molecule has 1 aliphatic heterocycles. The first kappa shape index (κ1) is 21.6. The monoisotopic (exact) mass is 404 g/mol. The van der Waals surface area contributed by atoms with Gasteiger partial charge in [-0.05, 0) is 58.8 Å². The van der Waals surface area contributed by atoms with E-state index in [1.807, 2.05) is 0 Å². The third-order valence-corrected chi connectivity index (χ3v) is 6.82. The van der Waals surface area contributed by atoms with Crippen LogP contribution in [0.25, 0.3) is 0 Å². The Morgan fingerprint density at radius 2 is 1.72 bits per heavy atom. The third kappa shape index (κ3) is 4.26. The summed E-state index contributed by atoms with van der Waals surface area (Å²) in [6.45, 7) is 12.5. The summed E-state index contributed by atoms with van der Waals surface area (Å²) in [5.41, 5.74) is 0.721. The van der Waals surface area contributed by atoms with Crippen LogP contribution in [-0.4, -0.2) is 35.7 Å². The van der Waals surface area contributed by atoms with Crippen molar-refractivity contribution in [3.63, 3.8) is 0 Å². The summed E-state index contributed by atoms with van der Waals surface area (Å²) >= 11 is 0. The predicted octanol–water partition coefficient (Wildman–Crippen LogP) is 3.88. The number of ether oxygens (including phenoxy) is 3. The van der Waals surface area contributed by atoms with Crippen molar-refractivity contribution in [2.75, 3.05) is 0 Å². The quantitative estimate of drug-likeness (QED) is 0.393. The van der Waals surface area contributed by atoms with Crippen LogP contribution in [0, 0.1) is 17.8 Å². The zero-order chi connectivity index (χ0) is 21.3. The molecule has 1 saturated heterocycles. The predicted molar refractivity (Wildman–Crippen MR) is 107 cm³/mol. The Hall–Kier alpha value is -2.11. The standard InChI is InChI=1S/C12H14O4.C11H18O2/c1-5(2)11(13)15-9-6-3-7-8(4-6)12(14)16-10(7)9;1-4-11(7-5-6-8-11)13-10(12)9(2)3/h6-10H,1,3-4H2,2H3;2,4-8H2,1,3H3. The molecule has 0 radical (unpaired) electrons. The summed E-state index contributed by atoms with van der Waals surface area (Å²) < 4.78 is 16.1. The molecule has 5 atom stereocenters. The number of carbonyl (C=O) groups is 3. The van der Waals surface area contributed by atoms with Crippen molar-refractivity contribution in [1.29, 1.82) is 0 Å². The van der Waals surface area contributed by atoms with E-state index in [0.717, 1.165) is 32.1 Å². The van der Waals surface area contributed by atoms with E-state index in [0.29, 0.717) is 17.1 Å². The van der Waals surface area contributed by atoms with Crippen molar-refractivity contribution in [2.45, 2.75) is 83.5 Å². The second-order valence-electron chi connectivity index (χ2n) is 8.97. The summed E-state index contributed by atoms with van der Waals surface area (Å²) in [7, 11) is 0. The van der Waals surface area contributed by atoms with Gasteiger partial charge in [0.25, 0.3) is 0 Å². The Morgan fingerprint density at radius 3 is 2.28 bits per heavy atom. The van der Waals surface area contributed by atoms with Crippen LogP contribution >= 0.6 is 0 Å². The molecule has 0 N–H and O–H groups in total. The van der Waals surface area contributed by atoms with Gasteiger partial charge < -0.3 is 14.2 Å². The first-order valence-electron chi connectivity index (χ1n) is 10.6. The van der Waals surface area contributed by atoms with Crippen LogP contribution in [-0.2, 0) is 28.6 Å². The van der Waals surface area contributed by atoms with Crippen molar-refractivity contribution in [3.8, 4) is 0 Å². The Balaban J connectivity index is 0.000000170. The summed E-state index contributed by atoms with van der Waals surface area (Å²) in [6, 6.07) is 0. The number of esters is 3. The highest BCUT2D eigenvalue weighted by Gasteiger charge is 2.63. The zero-order valence-electron chi connectivity index (χ0n) is 17.7. The molecule has 4 aliphatic rings. The first-order chi connectivity index (χ1) is 13.7. The van der Waals surface area contributed by atoms with Crippen LogP contribution in [0.1, 0.15) is 65.7 Å². The molecule has 2 bridgehead atoms. The number of rotatable bonds is 5. The Labute approximate surface area is 172 Å². The molecule has 6 nitrogen and oxygen atoms in total. The van der Waals surface area contributed by atoms with Crippen molar-refractivity contribution in [3.05, 3.63) is 24.3 Å². The van der Waals surface area contributed by atoms with Gasteiger partial charge in [0, 0.05) is 23.0 Å². The lowest BCUT2D eigenvalue weighted by Crippen LogP contribution is -2.36. The average molecular weight is 405 g/mol. The summed E-state index contributed by atoms with van der Waals surface area (Å²) in [5, 5.41) is 0. The van der Waals surface area contributed by atoms with Crippen molar-refractivity contribution < 1.29 is 28.6 Å². The highest BCUT2D eigenvalue weighted by molar-refractivity contribution is 5.87. The van der Waals surface area contributed by atoms with Crippen LogP contribution in [0.15, 0.2) is 24.3 Å². The van der Waals surface area contributed by atoms with Gasteiger partial charge in [0.2, 0.25) is 0 Å². The van der Waals surface area contributed by atoms with E-state index in [1.54, 1.807) is 13.8 Å². The molecule has 29 heavy (non-hydrogen) atoms. The third-order valence-electron chi connectivity index (χ3n) is 6.82. The van der Waals surface area contributed by atoms with Gasteiger partial charge in [0.15, 0.2) is 0 Å². The Bertz CT molecular complexity index is 717. The van der Waals surface area contributed by atoms with Crippen LogP contribution in [0.2, 0.25) is 0 Å². The molecule has 5 unspecified atom stereocenters. The minimum Gasteiger partial charge on any atom is -0.458 e. The lowest BCUT2D eigenvalue weighted by Gasteiger charge is -2.27. The van der Waals surface area contributed by atoms with Crippen LogP contribution < -0.4 is 0 Å². The maximum absolute atomic E-state index is 11.5. The van der Waals surface area contributed by atoms with Gasteiger partial charge >= 0.3 is 17.9 Å². The molecule has 0 aromatic carbocycles. The second kappa shape index (κ2) is 8.33. The molecule has 0 spiro atoms. The van der Waals surface area contributed by atoms with E-state index in [4.69, 9.17) is 14.2 Å². The highest BCUT2D eigenvalue weighted by Crippen LogP contribution is 2.55. The fourth-order valence-electron chi connectivity index (χ4n) is 5.12. The molecular formula is C23H32O6.